The lowest BCUT2D eigenvalue weighted by molar-refractivity contribution is -0.116. The molecule has 1 amide bonds. The number of anilines is 2. The van der Waals surface area contributed by atoms with Gasteiger partial charge in [0.2, 0.25) is 11.9 Å². The van der Waals surface area contributed by atoms with Crippen molar-refractivity contribution in [3.63, 3.8) is 0 Å². The molecule has 2 aliphatic rings. The average Bonchev–Trinajstić information content (AvgIpc) is 2.66. The molecule has 1 fully saturated rings. The van der Waals surface area contributed by atoms with Crippen LogP contribution in [0.2, 0.25) is 0 Å². The Hall–Kier alpha value is -1.65. The standard InChI is InChI=1S/C12H16N4O/c1-8-9-7-13-12(15-10(9)14-11(8)17)16-5-3-2-4-6-16/h7-8H,2-6H2,1H3,(H,13,14,15,17). The van der Waals surface area contributed by atoms with Gasteiger partial charge in [0.15, 0.2) is 0 Å². The van der Waals surface area contributed by atoms with Crippen molar-refractivity contribution in [3.05, 3.63) is 11.8 Å². The summed E-state index contributed by atoms with van der Waals surface area (Å²) in [7, 11) is 0. The smallest absolute Gasteiger partial charge is 0.232 e. The number of amides is 1. The number of carbonyl (C=O) groups excluding carboxylic acids is 1. The maximum atomic E-state index is 11.5. The van der Waals surface area contributed by atoms with Crippen molar-refractivity contribution in [2.75, 3.05) is 23.3 Å². The summed E-state index contributed by atoms with van der Waals surface area (Å²) in [5.41, 5.74) is 0.913. The van der Waals surface area contributed by atoms with Crippen LogP contribution < -0.4 is 10.2 Å². The third-order valence-electron chi connectivity index (χ3n) is 3.54. The summed E-state index contributed by atoms with van der Waals surface area (Å²) in [6, 6.07) is 0. The van der Waals surface area contributed by atoms with E-state index in [0.29, 0.717) is 5.82 Å². The Morgan fingerprint density at radius 1 is 1.35 bits per heavy atom. The van der Waals surface area contributed by atoms with Gasteiger partial charge in [0.1, 0.15) is 5.82 Å². The molecule has 1 unspecified atom stereocenters. The Bertz CT molecular complexity index is 454. The second kappa shape index (κ2) is 3.98. The number of carbonyl (C=O) groups is 1. The fourth-order valence-corrected chi connectivity index (χ4v) is 2.41. The van der Waals surface area contributed by atoms with Gasteiger partial charge in [-0.25, -0.2) is 4.98 Å². The number of aromatic nitrogens is 2. The summed E-state index contributed by atoms with van der Waals surface area (Å²) in [6.45, 7) is 3.91. The first-order chi connectivity index (χ1) is 8.25. The van der Waals surface area contributed by atoms with E-state index in [9.17, 15) is 4.79 Å². The molecule has 1 aromatic heterocycles. The van der Waals surface area contributed by atoms with E-state index < -0.39 is 0 Å². The van der Waals surface area contributed by atoms with E-state index in [0.717, 1.165) is 24.6 Å². The molecule has 2 aliphatic heterocycles. The minimum atomic E-state index is -0.125. The first-order valence-corrected chi connectivity index (χ1v) is 6.18. The number of rotatable bonds is 1. The van der Waals surface area contributed by atoms with Crippen LogP contribution >= 0.6 is 0 Å². The summed E-state index contributed by atoms with van der Waals surface area (Å²) in [5.74, 6) is 1.33. The molecule has 1 N–H and O–H groups in total. The maximum absolute atomic E-state index is 11.5. The average molecular weight is 232 g/mol. The number of hydrogen-bond donors (Lipinski definition) is 1. The molecule has 5 heteroatoms. The van der Waals surface area contributed by atoms with Crippen molar-refractivity contribution >= 4 is 17.7 Å². The third kappa shape index (κ3) is 1.75. The molecule has 17 heavy (non-hydrogen) atoms. The van der Waals surface area contributed by atoms with Crippen LogP contribution in [0.25, 0.3) is 0 Å². The quantitative estimate of drug-likeness (QED) is 0.797. The van der Waals surface area contributed by atoms with Gasteiger partial charge < -0.3 is 10.2 Å². The zero-order valence-corrected chi connectivity index (χ0v) is 9.94. The molecule has 0 aromatic carbocycles. The normalized spacial score (nSPS) is 23.5. The van der Waals surface area contributed by atoms with Crippen molar-refractivity contribution in [2.45, 2.75) is 32.1 Å². The summed E-state index contributed by atoms with van der Waals surface area (Å²) in [5, 5.41) is 2.81. The molecule has 0 spiro atoms. The second-order valence-electron chi connectivity index (χ2n) is 4.73. The van der Waals surface area contributed by atoms with Crippen LogP contribution in [0.1, 0.15) is 37.7 Å². The number of fused-ring (bicyclic) bond motifs is 1. The van der Waals surface area contributed by atoms with Crippen molar-refractivity contribution in [1.29, 1.82) is 0 Å². The van der Waals surface area contributed by atoms with E-state index in [1.165, 1.54) is 19.3 Å². The summed E-state index contributed by atoms with van der Waals surface area (Å²) < 4.78 is 0. The fraction of sp³-hybridized carbons (Fsp3) is 0.583. The van der Waals surface area contributed by atoms with Crippen molar-refractivity contribution < 1.29 is 4.79 Å². The summed E-state index contributed by atoms with van der Waals surface area (Å²) in [6.07, 6.45) is 5.47. The van der Waals surface area contributed by atoms with Gasteiger partial charge in [0.25, 0.3) is 0 Å². The highest BCUT2D eigenvalue weighted by molar-refractivity contribution is 6.01. The van der Waals surface area contributed by atoms with E-state index in [2.05, 4.69) is 20.2 Å². The SMILES string of the molecule is CC1C(=O)Nc2nc(N3CCCCC3)ncc21. The van der Waals surface area contributed by atoms with Crippen LogP contribution in [0.3, 0.4) is 0 Å². The fourth-order valence-electron chi connectivity index (χ4n) is 2.41. The van der Waals surface area contributed by atoms with Crippen LogP contribution in [0.4, 0.5) is 11.8 Å². The predicted octanol–water partition coefficient (Wildman–Crippen LogP) is 1.52. The van der Waals surface area contributed by atoms with Gasteiger partial charge in [-0.3, -0.25) is 4.79 Å². The van der Waals surface area contributed by atoms with Crippen molar-refractivity contribution in [1.82, 2.24) is 9.97 Å². The van der Waals surface area contributed by atoms with Crippen LogP contribution in [0, 0.1) is 0 Å². The highest BCUT2D eigenvalue weighted by atomic mass is 16.2. The van der Waals surface area contributed by atoms with E-state index in [4.69, 9.17) is 0 Å². The second-order valence-corrected chi connectivity index (χ2v) is 4.73. The van der Waals surface area contributed by atoms with Gasteiger partial charge in [-0.1, -0.05) is 0 Å². The maximum Gasteiger partial charge on any atom is 0.232 e. The molecular formula is C12H16N4O. The Kier molecular flexibility index (Phi) is 2.46. The van der Waals surface area contributed by atoms with Crippen molar-refractivity contribution in [3.8, 4) is 0 Å². The van der Waals surface area contributed by atoms with Gasteiger partial charge in [-0.2, -0.15) is 4.98 Å². The first-order valence-electron chi connectivity index (χ1n) is 6.18. The van der Waals surface area contributed by atoms with Crippen LogP contribution in [-0.4, -0.2) is 29.0 Å². The van der Waals surface area contributed by atoms with Gasteiger partial charge in [-0.05, 0) is 26.2 Å². The lowest BCUT2D eigenvalue weighted by Gasteiger charge is -2.26. The van der Waals surface area contributed by atoms with E-state index in [1.54, 1.807) is 6.20 Å². The van der Waals surface area contributed by atoms with E-state index in [1.807, 2.05) is 6.92 Å². The molecule has 1 saturated heterocycles. The van der Waals surface area contributed by atoms with E-state index in [-0.39, 0.29) is 11.8 Å². The number of hydrogen-bond acceptors (Lipinski definition) is 4. The van der Waals surface area contributed by atoms with Gasteiger partial charge in [0, 0.05) is 24.8 Å². The lowest BCUT2D eigenvalue weighted by atomic mass is 10.1. The highest BCUT2D eigenvalue weighted by Gasteiger charge is 2.29. The summed E-state index contributed by atoms with van der Waals surface area (Å²) in [4.78, 5) is 22.6. The van der Waals surface area contributed by atoms with Crippen LogP contribution in [-0.2, 0) is 4.79 Å². The first kappa shape index (κ1) is 10.5. The van der Waals surface area contributed by atoms with Crippen LogP contribution in [0.5, 0.6) is 0 Å². The van der Waals surface area contributed by atoms with Gasteiger partial charge in [-0.15, -0.1) is 0 Å². The molecule has 90 valence electrons. The Morgan fingerprint density at radius 2 is 2.12 bits per heavy atom. The topological polar surface area (TPSA) is 58.1 Å². The lowest BCUT2D eigenvalue weighted by Crippen LogP contribution is -2.31. The molecule has 3 rings (SSSR count). The number of nitrogens with one attached hydrogen (secondary N) is 1. The highest BCUT2D eigenvalue weighted by Crippen LogP contribution is 2.31. The monoisotopic (exact) mass is 232 g/mol. The predicted molar refractivity (Wildman–Crippen MR) is 65.1 cm³/mol. The minimum Gasteiger partial charge on any atom is -0.341 e. The zero-order valence-electron chi connectivity index (χ0n) is 9.94. The summed E-state index contributed by atoms with van der Waals surface area (Å²) >= 11 is 0. The Labute approximate surface area is 100 Å². The molecule has 0 bridgehead atoms. The Balaban J connectivity index is 1.89. The molecule has 0 saturated carbocycles. The molecule has 0 radical (unpaired) electrons. The Morgan fingerprint density at radius 3 is 2.88 bits per heavy atom. The third-order valence-corrected chi connectivity index (χ3v) is 3.54. The molecule has 5 nitrogen and oxygen atoms in total. The molecule has 1 atom stereocenters. The van der Waals surface area contributed by atoms with Gasteiger partial charge >= 0.3 is 0 Å². The largest absolute Gasteiger partial charge is 0.341 e. The zero-order chi connectivity index (χ0) is 11.8. The van der Waals surface area contributed by atoms with E-state index >= 15 is 0 Å². The van der Waals surface area contributed by atoms with Crippen LogP contribution in [0.15, 0.2) is 6.20 Å². The molecule has 0 aliphatic carbocycles. The molecule has 1 aromatic rings. The number of nitrogens with zero attached hydrogens (tertiary/aromatic N) is 3. The minimum absolute atomic E-state index is 0.0186. The van der Waals surface area contributed by atoms with Gasteiger partial charge in [0.05, 0.1) is 5.92 Å². The number of piperidine rings is 1. The molecular weight excluding hydrogens is 216 g/mol. The molecule has 3 heterocycles. The van der Waals surface area contributed by atoms with Crippen molar-refractivity contribution in [2.24, 2.45) is 0 Å².